The number of nitrogens with one attached hydrogen (secondary N) is 1. The van der Waals surface area contributed by atoms with E-state index in [4.69, 9.17) is 14.6 Å². The molecule has 0 aliphatic carbocycles. The molecular formula is C23H29NO5. The van der Waals surface area contributed by atoms with E-state index in [9.17, 15) is 9.59 Å². The second kappa shape index (κ2) is 11.1. The van der Waals surface area contributed by atoms with Crippen LogP contribution in [-0.2, 0) is 16.0 Å². The summed E-state index contributed by atoms with van der Waals surface area (Å²) in [5.41, 5.74) is 4.49. The Morgan fingerprint density at radius 1 is 0.966 bits per heavy atom. The second-order valence-corrected chi connectivity index (χ2v) is 7.00. The Labute approximate surface area is 171 Å². The summed E-state index contributed by atoms with van der Waals surface area (Å²) in [5.74, 6) is 0.400. The Bertz CT molecular complexity index is 847. The fraction of sp³-hybridized carbons (Fsp3) is 0.391. The lowest BCUT2D eigenvalue weighted by atomic mass is 10.1. The third-order valence-electron chi connectivity index (χ3n) is 4.62. The molecule has 0 aliphatic rings. The van der Waals surface area contributed by atoms with Crippen LogP contribution in [-0.4, -0.2) is 36.7 Å². The predicted molar refractivity (Wildman–Crippen MR) is 112 cm³/mol. The van der Waals surface area contributed by atoms with Crippen molar-refractivity contribution in [1.29, 1.82) is 0 Å². The van der Waals surface area contributed by atoms with Gasteiger partial charge in [-0.3, -0.25) is 9.59 Å². The van der Waals surface area contributed by atoms with Crippen LogP contribution in [0.3, 0.4) is 0 Å². The second-order valence-electron chi connectivity index (χ2n) is 7.00. The molecule has 2 rings (SSSR count). The fourth-order valence-electron chi connectivity index (χ4n) is 2.95. The maximum atomic E-state index is 11.6. The van der Waals surface area contributed by atoms with E-state index in [1.54, 1.807) is 0 Å². The largest absolute Gasteiger partial charge is 0.490 e. The molecule has 0 saturated carbocycles. The molecule has 0 fully saturated rings. The minimum Gasteiger partial charge on any atom is -0.490 e. The lowest BCUT2D eigenvalue weighted by Gasteiger charge is -2.14. The highest BCUT2D eigenvalue weighted by atomic mass is 16.5. The van der Waals surface area contributed by atoms with Gasteiger partial charge in [0.1, 0.15) is 24.7 Å². The monoisotopic (exact) mass is 399 g/mol. The molecule has 29 heavy (non-hydrogen) atoms. The maximum absolute atomic E-state index is 11.6. The molecule has 0 aromatic heterocycles. The van der Waals surface area contributed by atoms with Crippen molar-refractivity contribution >= 4 is 11.9 Å². The third kappa shape index (κ3) is 7.49. The Morgan fingerprint density at radius 2 is 1.66 bits per heavy atom. The van der Waals surface area contributed by atoms with E-state index in [0.717, 1.165) is 22.6 Å². The molecule has 0 radical (unpaired) electrons. The summed E-state index contributed by atoms with van der Waals surface area (Å²) in [6.45, 7) is 7.44. The molecule has 2 aromatic carbocycles. The number of para-hydroxylation sites is 1. The molecule has 0 atom stereocenters. The van der Waals surface area contributed by atoms with Crippen LogP contribution in [0.25, 0.3) is 0 Å². The number of aryl methyl sites for hydroxylation is 2. The lowest BCUT2D eigenvalue weighted by Crippen LogP contribution is -2.26. The number of hydrogen-bond donors (Lipinski definition) is 2. The highest BCUT2D eigenvalue weighted by molar-refractivity contribution is 5.80. The van der Waals surface area contributed by atoms with Crippen LogP contribution in [0.4, 0.5) is 0 Å². The first kappa shape index (κ1) is 22.3. The molecule has 1 amide bonds. The van der Waals surface area contributed by atoms with Crippen LogP contribution >= 0.6 is 0 Å². The molecule has 2 N–H and O–H groups in total. The van der Waals surface area contributed by atoms with E-state index in [-0.39, 0.29) is 18.7 Å². The summed E-state index contributed by atoms with van der Waals surface area (Å²) in [6, 6.07) is 11.8. The molecule has 0 unspecified atom stereocenters. The third-order valence-corrected chi connectivity index (χ3v) is 4.62. The molecule has 6 nitrogen and oxygen atoms in total. The minimum absolute atomic E-state index is 0.0112. The van der Waals surface area contributed by atoms with Crippen molar-refractivity contribution in [3.8, 4) is 11.5 Å². The van der Waals surface area contributed by atoms with Gasteiger partial charge in [-0.15, -0.1) is 0 Å². The predicted octanol–water partition coefficient (Wildman–Crippen LogP) is 3.59. The fourth-order valence-corrected chi connectivity index (χ4v) is 2.95. The summed E-state index contributed by atoms with van der Waals surface area (Å²) in [4.78, 5) is 22.1. The minimum atomic E-state index is -0.975. The Morgan fingerprint density at radius 3 is 2.38 bits per heavy atom. The number of amides is 1. The van der Waals surface area contributed by atoms with Gasteiger partial charge in [0.25, 0.3) is 0 Å². The molecule has 156 valence electrons. The number of carboxylic acid groups (broad SMARTS) is 1. The average molecular weight is 399 g/mol. The highest BCUT2D eigenvalue weighted by Crippen LogP contribution is 2.23. The Kier molecular flexibility index (Phi) is 8.52. The van der Waals surface area contributed by atoms with E-state index >= 15 is 0 Å². The van der Waals surface area contributed by atoms with Crippen molar-refractivity contribution < 1.29 is 24.2 Å². The number of rotatable bonds is 11. The molecule has 0 spiro atoms. The van der Waals surface area contributed by atoms with Crippen molar-refractivity contribution in [3.05, 3.63) is 58.7 Å². The number of ether oxygens (including phenoxy) is 2. The van der Waals surface area contributed by atoms with Gasteiger partial charge in [-0.25, -0.2) is 0 Å². The standard InChI is InChI=1S/C23H29NO5/c1-16-14-17(2)18(3)21(15-16)29-13-12-28-20-7-5-4-6-19(20)10-11-24-22(25)8-9-23(26)27/h4-7,14-15H,8-13H2,1-3H3,(H,24,25)(H,26,27). The van der Waals surface area contributed by atoms with E-state index < -0.39 is 5.97 Å². The molecular weight excluding hydrogens is 370 g/mol. The van der Waals surface area contributed by atoms with Crippen LogP contribution in [0, 0.1) is 20.8 Å². The molecule has 2 aromatic rings. The number of carboxylic acids is 1. The van der Waals surface area contributed by atoms with Gasteiger partial charge in [0, 0.05) is 13.0 Å². The molecule has 0 saturated heterocycles. The van der Waals surface area contributed by atoms with Crippen molar-refractivity contribution in [2.24, 2.45) is 0 Å². The number of aliphatic carboxylic acids is 1. The van der Waals surface area contributed by atoms with Crippen LogP contribution in [0.15, 0.2) is 36.4 Å². The number of carbonyl (C=O) groups excluding carboxylic acids is 1. The Balaban J connectivity index is 1.80. The topological polar surface area (TPSA) is 84.9 Å². The zero-order chi connectivity index (χ0) is 21.2. The van der Waals surface area contributed by atoms with Gasteiger partial charge in [-0.2, -0.15) is 0 Å². The summed E-state index contributed by atoms with van der Waals surface area (Å²) in [6.07, 6.45) is 0.431. The lowest BCUT2D eigenvalue weighted by molar-refractivity contribution is -0.138. The number of carbonyl (C=O) groups is 2. The Hall–Kier alpha value is -3.02. The van der Waals surface area contributed by atoms with Gasteiger partial charge in [-0.05, 0) is 61.6 Å². The van der Waals surface area contributed by atoms with Gasteiger partial charge in [0.05, 0.1) is 6.42 Å². The quantitative estimate of drug-likeness (QED) is 0.564. The molecule has 0 heterocycles. The van der Waals surface area contributed by atoms with Crippen molar-refractivity contribution in [2.45, 2.75) is 40.0 Å². The zero-order valence-corrected chi connectivity index (χ0v) is 17.3. The van der Waals surface area contributed by atoms with Gasteiger partial charge < -0.3 is 19.9 Å². The smallest absolute Gasteiger partial charge is 0.303 e. The highest BCUT2D eigenvalue weighted by Gasteiger charge is 2.08. The van der Waals surface area contributed by atoms with E-state index in [1.165, 1.54) is 11.1 Å². The van der Waals surface area contributed by atoms with Crippen molar-refractivity contribution in [2.75, 3.05) is 19.8 Å². The molecule has 6 heteroatoms. The van der Waals surface area contributed by atoms with Crippen LogP contribution in [0.2, 0.25) is 0 Å². The van der Waals surface area contributed by atoms with E-state index in [0.29, 0.717) is 26.2 Å². The first-order chi connectivity index (χ1) is 13.9. The number of hydrogen-bond acceptors (Lipinski definition) is 4. The van der Waals surface area contributed by atoms with Gasteiger partial charge in [0.2, 0.25) is 5.91 Å². The summed E-state index contributed by atoms with van der Waals surface area (Å²) < 4.78 is 11.8. The van der Waals surface area contributed by atoms with Crippen LogP contribution < -0.4 is 14.8 Å². The van der Waals surface area contributed by atoms with E-state index in [2.05, 4.69) is 18.3 Å². The van der Waals surface area contributed by atoms with Crippen molar-refractivity contribution in [1.82, 2.24) is 5.32 Å². The molecule has 0 aliphatic heterocycles. The maximum Gasteiger partial charge on any atom is 0.303 e. The van der Waals surface area contributed by atoms with Crippen LogP contribution in [0.1, 0.15) is 35.1 Å². The van der Waals surface area contributed by atoms with Crippen LogP contribution in [0.5, 0.6) is 11.5 Å². The van der Waals surface area contributed by atoms with Crippen molar-refractivity contribution in [3.63, 3.8) is 0 Å². The SMILES string of the molecule is Cc1cc(C)c(C)c(OCCOc2ccccc2CCNC(=O)CCC(=O)O)c1. The first-order valence-electron chi connectivity index (χ1n) is 9.76. The summed E-state index contributed by atoms with van der Waals surface area (Å²) in [5, 5.41) is 11.3. The van der Waals surface area contributed by atoms with E-state index in [1.807, 2.05) is 44.2 Å². The normalized spacial score (nSPS) is 10.4. The van der Waals surface area contributed by atoms with Gasteiger partial charge in [0.15, 0.2) is 0 Å². The zero-order valence-electron chi connectivity index (χ0n) is 17.3. The molecule has 0 bridgehead atoms. The summed E-state index contributed by atoms with van der Waals surface area (Å²) in [7, 11) is 0. The summed E-state index contributed by atoms with van der Waals surface area (Å²) >= 11 is 0. The van der Waals surface area contributed by atoms with Gasteiger partial charge in [-0.1, -0.05) is 24.3 Å². The number of benzene rings is 2. The first-order valence-corrected chi connectivity index (χ1v) is 9.76. The van der Waals surface area contributed by atoms with Gasteiger partial charge >= 0.3 is 5.97 Å². The average Bonchev–Trinajstić information content (AvgIpc) is 2.68.